The highest BCUT2D eigenvalue weighted by molar-refractivity contribution is 5.82. The van der Waals surface area contributed by atoms with Crippen LogP contribution in [0.4, 0.5) is 22.7 Å². The molecule has 0 aliphatic carbocycles. The predicted octanol–water partition coefficient (Wildman–Crippen LogP) is 1.15. The van der Waals surface area contributed by atoms with Crippen molar-refractivity contribution in [3.8, 4) is 0 Å². The monoisotopic (exact) mass is 226 g/mol. The van der Waals surface area contributed by atoms with Crippen LogP contribution in [0.3, 0.4) is 0 Å². The summed E-state index contributed by atoms with van der Waals surface area (Å²) in [7, 11) is 3.18. The summed E-state index contributed by atoms with van der Waals surface area (Å²) >= 11 is 0. The lowest BCUT2D eigenvalue weighted by atomic mass is 10.2. The molecule has 0 spiro atoms. The van der Waals surface area contributed by atoms with E-state index in [0.29, 0.717) is 0 Å². The van der Waals surface area contributed by atoms with E-state index in [1.54, 1.807) is 14.1 Å². The first-order chi connectivity index (χ1) is 7.36. The Morgan fingerprint density at radius 1 is 1.19 bits per heavy atom. The molecule has 0 saturated heterocycles. The van der Waals surface area contributed by atoms with Gasteiger partial charge in [0.05, 0.1) is 9.85 Å². The highest BCUT2D eigenvalue weighted by atomic mass is 16.6. The Hall–Kier alpha value is -2.38. The zero-order chi connectivity index (χ0) is 12.5. The van der Waals surface area contributed by atoms with Gasteiger partial charge in [-0.25, -0.2) is 0 Å². The molecular formula is C8H10N4O4. The summed E-state index contributed by atoms with van der Waals surface area (Å²) < 4.78 is 0. The molecule has 8 heteroatoms. The standard InChI is InChI=1S/C8H10N4O4/c1-10(2)6-4-3-5(11(13)14)7(9)8(6)12(15)16/h3-4H,9H2,1-2H3. The fourth-order valence-electron chi connectivity index (χ4n) is 1.30. The maximum atomic E-state index is 10.8. The Balaban J connectivity index is 3.54. The first-order valence-corrected chi connectivity index (χ1v) is 4.24. The third kappa shape index (κ3) is 1.85. The summed E-state index contributed by atoms with van der Waals surface area (Å²) in [5, 5.41) is 21.4. The molecule has 16 heavy (non-hydrogen) atoms. The molecule has 1 rings (SSSR count). The van der Waals surface area contributed by atoms with Gasteiger partial charge in [0.1, 0.15) is 5.69 Å². The molecule has 2 N–H and O–H groups in total. The van der Waals surface area contributed by atoms with Crippen molar-refractivity contribution in [2.75, 3.05) is 24.7 Å². The number of nitrogen functional groups attached to an aromatic ring is 1. The molecule has 0 radical (unpaired) electrons. The number of hydrogen-bond donors (Lipinski definition) is 1. The average molecular weight is 226 g/mol. The topological polar surface area (TPSA) is 116 Å². The predicted molar refractivity (Wildman–Crippen MR) is 58.5 cm³/mol. The molecule has 0 aromatic heterocycles. The summed E-state index contributed by atoms with van der Waals surface area (Å²) in [6.45, 7) is 0. The Bertz CT molecular complexity index is 458. The molecule has 1 aromatic rings. The molecule has 0 atom stereocenters. The van der Waals surface area contributed by atoms with Gasteiger partial charge in [-0.05, 0) is 6.07 Å². The Morgan fingerprint density at radius 2 is 1.75 bits per heavy atom. The minimum Gasteiger partial charge on any atom is -0.387 e. The molecule has 1 aromatic carbocycles. The van der Waals surface area contributed by atoms with Gasteiger partial charge in [0.2, 0.25) is 0 Å². The van der Waals surface area contributed by atoms with Gasteiger partial charge >= 0.3 is 5.69 Å². The molecule has 0 aliphatic heterocycles. The molecule has 0 amide bonds. The van der Waals surface area contributed by atoms with Gasteiger partial charge in [-0.1, -0.05) is 0 Å². The van der Waals surface area contributed by atoms with Crippen LogP contribution >= 0.6 is 0 Å². The molecule has 0 saturated carbocycles. The first kappa shape index (κ1) is 11.7. The number of nitro groups is 2. The largest absolute Gasteiger partial charge is 0.387 e. The van der Waals surface area contributed by atoms with Crippen LogP contribution in [0.1, 0.15) is 0 Å². The minimum atomic E-state index is -0.748. The maximum Gasteiger partial charge on any atom is 0.322 e. The van der Waals surface area contributed by atoms with E-state index in [1.807, 2.05) is 0 Å². The van der Waals surface area contributed by atoms with E-state index in [2.05, 4.69) is 0 Å². The van der Waals surface area contributed by atoms with Crippen molar-refractivity contribution in [2.45, 2.75) is 0 Å². The summed E-state index contributed by atoms with van der Waals surface area (Å²) in [6.07, 6.45) is 0. The molecule has 8 nitrogen and oxygen atoms in total. The average Bonchev–Trinajstić information content (AvgIpc) is 2.15. The van der Waals surface area contributed by atoms with Gasteiger partial charge < -0.3 is 10.6 Å². The Labute approximate surface area is 90.6 Å². The smallest absolute Gasteiger partial charge is 0.322 e. The van der Waals surface area contributed by atoms with Crippen LogP contribution in [0, 0.1) is 20.2 Å². The number of anilines is 2. The number of nitrogens with zero attached hydrogens (tertiary/aromatic N) is 3. The van der Waals surface area contributed by atoms with Gasteiger partial charge in [0, 0.05) is 20.2 Å². The van der Waals surface area contributed by atoms with Crippen LogP contribution in [0.5, 0.6) is 0 Å². The van der Waals surface area contributed by atoms with Crippen LogP contribution in [-0.4, -0.2) is 23.9 Å². The lowest BCUT2D eigenvalue weighted by molar-refractivity contribution is -0.391. The van der Waals surface area contributed by atoms with Crippen molar-refractivity contribution in [3.05, 3.63) is 32.4 Å². The summed E-state index contributed by atoms with van der Waals surface area (Å²) in [5.41, 5.74) is 4.31. The SMILES string of the molecule is CN(C)c1ccc([N+](=O)[O-])c(N)c1[N+](=O)[O-]. The van der Waals surface area contributed by atoms with Gasteiger partial charge in [-0.15, -0.1) is 0 Å². The second kappa shape index (κ2) is 4.01. The quantitative estimate of drug-likeness (QED) is 0.469. The van der Waals surface area contributed by atoms with E-state index in [4.69, 9.17) is 5.73 Å². The molecule has 0 unspecified atom stereocenters. The van der Waals surface area contributed by atoms with Crippen molar-refractivity contribution in [1.29, 1.82) is 0 Å². The van der Waals surface area contributed by atoms with Gasteiger partial charge in [-0.2, -0.15) is 0 Å². The lowest BCUT2D eigenvalue weighted by Crippen LogP contribution is -2.13. The third-order valence-electron chi connectivity index (χ3n) is 2.03. The van der Waals surface area contributed by atoms with Crippen LogP contribution in [0.2, 0.25) is 0 Å². The number of nitrogens with two attached hydrogens (primary N) is 1. The van der Waals surface area contributed by atoms with E-state index in [-0.39, 0.29) is 5.69 Å². The van der Waals surface area contributed by atoms with E-state index < -0.39 is 26.9 Å². The van der Waals surface area contributed by atoms with Gasteiger partial charge in [-0.3, -0.25) is 20.2 Å². The van der Waals surface area contributed by atoms with Crippen LogP contribution < -0.4 is 10.6 Å². The van der Waals surface area contributed by atoms with Gasteiger partial charge in [0.25, 0.3) is 5.69 Å². The zero-order valence-electron chi connectivity index (χ0n) is 8.71. The molecule has 0 fully saturated rings. The van der Waals surface area contributed by atoms with Crippen molar-refractivity contribution in [2.24, 2.45) is 0 Å². The third-order valence-corrected chi connectivity index (χ3v) is 2.03. The summed E-state index contributed by atoms with van der Waals surface area (Å²) in [4.78, 5) is 21.4. The Kier molecular flexibility index (Phi) is 2.93. The Morgan fingerprint density at radius 3 is 2.12 bits per heavy atom. The van der Waals surface area contributed by atoms with E-state index >= 15 is 0 Å². The van der Waals surface area contributed by atoms with E-state index in [9.17, 15) is 20.2 Å². The van der Waals surface area contributed by atoms with Crippen LogP contribution in [-0.2, 0) is 0 Å². The van der Waals surface area contributed by atoms with Crippen molar-refractivity contribution < 1.29 is 9.85 Å². The fourth-order valence-corrected chi connectivity index (χ4v) is 1.30. The van der Waals surface area contributed by atoms with Crippen molar-refractivity contribution >= 4 is 22.7 Å². The van der Waals surface area contributed by atoms with Crippen molar-refractivity contribution in [1.82, 2.24) is 0 Å². The van der Waals surface area contributed by atoms with E-state index in [1.165, 1.54) is 11.0 Å². The second-order valence-corrected chi connectivity index (χ2v) is 3.27. The first-order valence-electron chi connectivity index (χ1n) is 4.24. The summed E-state index contributed by atoms with van der Waals surface area (Å²) in [6, 6.07) is 2.45. The highest BCUT2D eigenvalue weighted by Gasteiger charge is 2.27. The number of benzene rings is 1. The molecule has 0 aliphatic rings. The highest BCUT2D eigenvalue weighted by Crippen LogP contribution is 2.38. The zero-order valence-corrected chi connectivity index (χ0v) is 8.71. The van der Waals surface area contributed by atoms with Crippen LogP contribution in [0.15, 0.2) is 12.1 Å². The summed E-state index contributed by atoms with van der Waals surface area (Å²) in [5.74, 6) is 0. The maximum absolute atomic E-state index is 10.8. The molecule has 0 bridgehead atoms. The number of nitro benzene ring substituents is 2. The number of hydrogen-bond acceptors (Lipinski definition) is 6. The molecular weight excluding hydrogens is 216 g/mol. The van der Waals surface area contributed by atoms with Gasteiger partial charge in [0.15, 0.2) is 5.69 Å². The normalized spacial score (nSPS) is 9.88. The fraction of sp³-hybridized carbons (Fsp3) is 0.250. The molecule has 86 valence electrons. The van der Waals surface area contributed by atoms with Crippen LogP contribution in [0.25, 0.3) is 0 Å². The van der Waals surface area contributed by atoms with E-state index in [0.717, 1.165) is 6.07 Å². The number of rotatable bonds is 3. The van der Waals surface area contributed by atoms with Crippen molar-refractivity contribution in [3.63, 3.8) is 0 Å². The minimum absolute atomic E-state index is 0.230. The molecule has 0 heterocycles. The second-order valence-electron chi connectivity index (χ2n) is 3.27. The lowest BCUT2D eigenvalue weighted by Gasteiger charge is -2.13.